The Morgan fingerprint density at radius 2 is 2.22 bits per heavy atom. The first-order valence-electron chi connectivity index (χ1n) is 7.43. The summed E-state index contributed by atoms with van der Waals surface area (Å²) in [6.45, 7) is 1.05. The SMILES string of the molecule is O=C(Nc1ncccc1O)C1CCCN(C(=O)c2cccs2)C1. The van der Waals surface area contributed by atoms with E-state index in [1.165, 1.54) is 23.6 Å². The molecule has 1 atom stereocenters. The van der Waals surface area contributed by atoms with Crippen LogP contribution in [0.25, 0.3) is 0 Å². The maximum Gasteiger partial charge on any atom is 0.263 e. The third-order valence-corrected chi connectivity index (χ3v) is 4.70. The van der Waals surface area contributed by atoms with E-state index in [1.54, 1.807) is 17.0 Å². The number of hydrogen-bond donors (Lipinski definition) is 2. The number of amides is 2. The van der Waals surface area contributed by atoms with Crippen molar-refractivity contribution < 1.29 is 14.7 Å². The first-order chi connectivity index (χ1) is 11.1. The molecule has 1 fully saturated rings. The van der Waals surface area contributed by atoms with Crippen molar-refractivity contribution >= 4 is 29.0 Å². The molecular formula is C16H17N3O3S. The Hall–Kier alpha value is -2.41. The second kappa shape index (κ2) is 6.78. The number of anilines is 1. The fourth-order valence-electron chi connectivity index (χ4n) is 2.64. The quantitative estimate of drug-likeness (QED) is 0.904. The van der Waals surface area contributed by atoms with Gasteiger partial charge in [0.05, 0.1) is 10.8 Å². The summed E-state index contributed by atoms with van der Waals surface area (Å²) in [6, 6.07) is 6.70. The molecule has 0 aromatic carbocycles. The highest BCUT2D eigenvalue weighted by atomic mass is 32.1. The fraction of sp³-hybridized carbons (Fsp3) is 0.312. The maximum atomic E-state index is 12.4. The maximum absolute atomic E-state index is 12.4. The van der Waals surface area contributed by atoms with Crippen LogP contribution in [0.2, 0.25) is 0 Å². The van der Waals surface area contributed by atoms with Crippen LogP contribution < -0.4 is 5.32 Å². The third kappa shape index (κ3) is 3.50. The Bertz CT molecular complexity index is 702. The molecule has 1 saturated heterocycles. The highest BCUT2D eigenvalue weighted by Crippen LogP contribution is 2.24. The molecule has 6 nitrogen and oxygen atoms in total. The van der Waals surface area contributed by atoms with Crippen LogP contribution >= 0.6 is 11.3 Å². The lowest BCUT2D eigenvalue weighted by atomic mass is 9.97. The summed E-state index contributed by atoms with van der Waals surface area (Å²) >= 11 is 1.40. The number of carbonyl (C=O) groups is 2. The Balaban J connectivity index is 1.65. The van der Waals surface area contributed by atoms with Crippen molar-refractivity contribution in [2.75, 3.05) is 18.4 Å². The van der Waals surface area contributed by atoms with Gasteiger partial charge in [-0.15, -0.1) is 11.3 Å². The average molecular weight is 331 g/mol. The van der Waals surface area contributed by atoms with Crippen LogP contribution in [0.1, 0.15) is 22.5 Å². The van der Waals surface area contributed by atoms with Gasteiger partial charge in [0.2, 0.25) is 5.91 Å². The van der Waals surface area contributed by atoms with E-state index in [4.69, 9.17) is 0 Å². The topological polar surface area (TPSA) is 82.5 Å². The van der Waals surface area contributed by atoms with Gasteiger partial charge < -0.3 is 15.3 Å². The van der Waals surface area contributed by atoms with Crippen molar-refractivity contribution in [3.63, 3.8) is 0 Å². The van der Waals surface area contributed by atoms with Gasteiger partial charge in [-0.1, -0.05) is 6.07 Å². The Kier molecular flexibility index (Phi) is 4.57. The summed E-state index contributed by atoms with van der Waals surface area (Å²) in [6.07, 6.45) is 3.00. The lowest BCUT2D eigenvalue weighted by Gasteiger charge is -2.31. The second-order valence-corrected chi connectivity index (χ2v) is 6.38. The molecule has 2 aromatic rings. The lowest BCUT2D eigenvalue weighted by Crippen LogP contribution is -2.43. The van der Waals surface area contributed by atoms with E-state index in [9.17, 15) is 14.7 Å². The minimum absolute atomic E-state index is 0.0295. The number of thiophene rings is 1. The van der Waals surface area contributed by atoms with Gasteiger partial charge in [-0.2, -0.15) is 0 Å². The predicted molar refractivity (Wildman–Crippen MR) is 87.5 cm³/mol. The number of piperidine rings is 1. The van der Waals surface area contributed by atoms with Gasteiger partial charge in [0, 0.05) is 19.3 Å². The van der Waals surface area contributed by atoms with Crippen molar-refractivity contribution in [3.05, 3.63) is 40.7 Å². The van der Waals surface area contributed by atoms with Crippen molar-refractivity contribution in [3.8, 4) is 5.75 Å². The number of hydrogen-bond acceptors (Lipinski definition) is 5. The van der Waals surface area contributed by atoms with Crippen LogP contribution in [0, 0.1) is 5.92 Å². The molecule has 23 heavy (non-hydrogen) atoms. The highest BCUT2D eigenvalue weighted by molar-refractivity contribution is 7.12. The number of likely N-dealkylation sites (tertiary alicyclic amines) is 1. The standard InChI is InChI=1S/C16H17N3O3S/c20-12-5-1-7-17-14(12)18-15(21)11-4-2-8-19(10-11)16(22)13-6-3-9-23-13/h1,3,5-7,9,11,20H,2,4,8,10H2,(H,17,18,21). The van der Waals surface area contributed by atoms with Crippen LogP contribution in [0.3, 0.4) is 0 Å². The van der Waals surface area contributed by atoms with Gasteiger partial charge in [-0.25, -0.2) is 4.98 Å². The van der Waals surface area contributed by atoms with E-state index in [1.807, 2.05) is 11.4 Å². The molecule has 0 bridgehead atoms. The second-order valence-electron chi connectivity index (χ2n) is 5.43. The zero-order chi connectivity index (χ0) is 16.2. The molecule has 0 spiro atoms. The first-order valence-corrected chi connectivity index (χ1v) is 8.31. The van der Waals surface area contributed by atoms with Crippen LogP contribution in [-0.2, 0) is 4.79 Å². The van der Waals surface area contributed by atoms with Crippen LogP contribution in [0.4, 0.5) is 5.82 Å². The van der Waals surface area contributed by atoms with Crippen LogP contribution in [0.15, 0.2) is 35.8 Å². The van der Waals surface area contributed by atoms with Gasteiger partial charge in [-0.3, -0.25) is 9.59 Å². The highest BCUT2D eigenvalue weighted by Gasteiger charge is 2.29. The van der Waals surface area contributed by atoms with E-state index in [0.717, 1.165) is 6.42 Å². The molecule has 0 saturated carbocycles. The molecule has 7 heteroatoms. The summed E-state index contributed by atoms with van der Waals surface area (Å²) < 4.78 is 0. The number of nitrogens with zero attached hydrogens (tertiary/aromatic N) is 2. The largest absolute Gasteiger partial charge is 0.504 e. The van der Waals surface area contributed by atoms with E-state index >= 15 is 0 Å². The predicted octanol–water partition coefficient (Wildman–Crippen LogP) is 2.34. The molecule has 2 N–H and O–H groups in total. The normalized spacial score (nSPS) is 17.7. The average Bonchev–Trinajstić information content (AvgIpc) is 3.11. The monoisotopic (exact) mass is 331 g/mol. The number of aromatic hydroxyl groups is 1. The van der Waals surface area contributed by atoms with Gasteiger partial charge in [0.25, 0.3) is 5.91 Å². The summed E-state index contributed by atoms with van der Waals surface area (Å²) in [5.41, 5.74) is 0. The molecule has 3 heterocycles. The Labute approximate surface area is 137 Å². The zero-order valence-corrected chi connectivity index (χ0v) is 13.3. The van der Waals surface area contributed by atoms with Crippen molar-refractivity contribution in [2.45, 2.75) is 12.8 Å². The molecule has 2 aromatic heterocycles. The molecule has 120 valence electrons. The molecule has 1 aliphatic rings. The Morgan fingerprint density at radius 1 is 1.35 bits per heavy atom. The van der Waals surface area contributed by atoms with Gasteiger partial charge in [0.15, 0.2) is 11.6 Å². The molecule has 0 aliphatic carbocycles. The molecule has 1 aliphatic heterocycles. The lowest BCUT2D eigenvalue weighted by molar-refractivity contribution is -0.121. The van der Waals surface area contributed by atoms with Gasteiger partial charge in [-0.05, 0) is 36.4 Å². The van der Waals surface area contributed by atoms with E-state index in [2.05, 4.69) is 10.3 Å². The Morgan fingerprint density at radius 3 is 2.96 bits per heavy atom. The number of nitrogens with one attached hydrogen (secondary N) is 1. The number of carbonyl (C=O) groups excluding carboxylic acids is 2. The first kappa shape index (κ1) is 15.5. The fourth-order valence-corrected chi connectivity index (χ4v) is 3.33. The van der Waals surface area contributed by atoms with Crippen LogP contribution in [0.5, 0.6) is 5.75 Å². The van der Waals surface area contributed by atoms with Crippen molar-refractivity contribution in [2.24, 2.45) is 5.92 Å². The van der Waals surface area contributed by atoms with Crippen molar-refractivity contribution in [1.29, 1.82) is 0 Å². The van der Waals surface area contributed by atoms with Crippen molar-refractivity contribution in [1.82, 2.24) is 9.88 Å². The minimum Gasteiger partial charge on any atom is -0.504 e. The minimum atomic E-state index is -0.297. The van der Waals surface area contributed by atoms with E-state index in [0.29, 0.717) is 24.4 Å². The van der Waals surface area contributed by atoms with Crippen LogP contribution in [-0.4, -0.2) is 39.9 Å². The molecule has 2 amide bonds. The molecule has 1 unspecified atom stereocenters. The molecule has 3 rings (SSSR count). The zero-order valence-electron chi connectivity index (χ0n) is 12.4. The summed E-state index contributed by atoms with van der Waals surface area (Å²) in [7, 11) is 0. The van der Waals surface area contributed by atoms with Gasteiger partial charge in [0.1, 0.15) is 0 Å². The smallest absolute Gasteiger partial charge is 0.263 e. The molecule has 0 radical (unpaired) electrons. The number of aromatic nitrogens is 1. The van der Waals surface area contributed by atoms with Gasteiger partial charge >= 0.3 is 0 Å². The summed E-state index contributed by atoms with van der Waals surface area (Å²) in [5, 5.41) is 14.2. The van der Waals surface area contributed by atoms with E-state index in [-0.39, 0.29) is 29.3 Å². The summed E-state index contributed by atoms with van der Waals surface area (Å²) in [5.74, 6) is -0.461. The number of rotatable bonds is 3. The van der Waals surface area contributed by atoms with E-state index < -0.39 is 0 Å². The molecular weight excluding hydrogens is 314 g/mol. The number of pyridine rings is 1. The third-order valence-electron chi connectivity index (χ3n) is 3.84. The summed E-state index contributed by atoms with van der Waals surface area (Å²) in [4.78, 5) is 31.1.